The van der Waals surface area contributed by atoms with E-state index in [1.54, 1.807) is 30.3 Å². The summed E-state index contributed by atoms with van der Waals surface area (Å²) in [6.45, 7) is 3.89. The lowest BCUT2D eigenvalue weighted by Gasteiger charge is -2.21. The van der Waals surface area contributed by atoms with E-state index in [1.165, 1.54) is 0 Å². The van der Waals surface area contributed by atoms with Crippen molar-refractivity contribution in [2.75, 3.05) is 5.32 Å². The van der Waals surface area contributed by atoms with Crippen molar-refractivity contribution in [2.24, 2.45) is 5.92 Å². The number of anilines is 1. The molecule has 0 spiro atoms. The molecular weight excluding hydrogens is 376 g/mol. The SMILES string of the molecule is CC(C)C[C@@H](NC(=O)C(=O)Nc1cc(C(F)(F)F)ccc1F)c1ccccc1. The Balaban J connectivity index is 2.14. The van der Waals surface area contributed by atoms with E-state index in [2.05, 4.69) is 5.32 Å². The number of carbonyl (C=O) groups excluding carboxylic acids is 2. The second kappa shape index (κ2) is 8.86. The predicted molar refractivity (Wildman–Crippen MR) is 96.8 cm³/mol. The van der Waals surface area contributed by atoms with Crippen molar-refractivity contribution in [3.8, 4) is 0 Å². The second-order valence-electron chi connectivity index (χ2n) is 6.71. The van der Waals surface area contributed by atoms with Crippen molar-refractivity contribution in [2.45, 2.75) is 32.5 Å². The number of amides is 2. The molecule has 2 amide bonds. The fraction of sp³-hybridized carbons (Fsp3) is 0.300. The van der Waals surface area contributed by atoms with Crippen LogP contribution >= 0.6 is 0 Å². The lowest BCUT2D eigenvalue weighted by Crippen LogP contribution is -2.38. The van der Waals surface area contributed by atoms with Crippen molar-refractivity contribution < 1.29 is 27.2 Å². The Hall–Kier alpha value is -2.90. The van der Waals surface area contributed by atoms with Gasteiger partial charge in [-0.2, -0.15) is 13.2 Å². The average molecular weight is 396 g/mol. The molecule has 2 aromatic rings. The summed E-state index contributed by atoms with van der Waals surface area (Å²) in [4.78, 5) is 24.3. The Morgan fingerprint density at radius 3 is 2.21 bits per heavy atom. The molecule has 0 unspecified atom stereocenters. The normalized spacial score (nSPS) is 12.5. The molecule has 150 valence electrons. The van der Waals surface area contributed by atoms with Crippen LogP contribution < -0.4 is 10.6 Å². The molecule has 28 heavy (non-hydrogen) atoms. The Labute approximate surface area is 159 Å². The van der Waals surface area contributed by atoms with Gasteiger partial charge in [-0.1, -0.05) is 44.2 Å². The van der Waals surface area contributed by atoms with Crippen LogP contribution in [0.2, 0.25) is 0 Å². The summed E-state index contributed by atoms with van der Waals surface area (Å²) in [5.41, 5.74) is -1.07. The Morgan fingerprint density at radius 2 is 1.64 bits per heavy atom. The van der Waals surface area contributed by atoms with Crippen LogP contribution in [0, 0.1) is 11.7 Å². The number of carbonyl (C=O) groups is 2. The summed E-state index contributed by atoms with van der Waals surface area (Å²) in [7, 11) is 0. The molecule has 2 rings (SSSR count). The van der Waals surface area contributed by atoms with Gasteiger partial charge < -0.3 is 10.6 Å². The zero-order valence-electron chi connectivity index (χ0n) is 15.3. The first-order chi connectivity index (χ1) is 13.1. The van der Waals surface area contributed by atoms with Gasteiger partial charge >= 0.3 is 18.0 Å². The average Bonchev–Trinajstić information content (AvgIpc) is 2.62. The van der Waals surface area contributed by atoms with Crippen LogP contribution in [0.25, 0.3) is 0 Å². The van der Waals surface area contributed by atoms with E-state index >= 15 is 0 Å². The number of hydrogen-bond acceptors (Lipinski definition) is 2. The minimum absolute atomic E-state index is 0.203. The van der Waals surface area contributed by atoms with E-state index in [0.29, 0.717) is 24.6 Å². The van der Waals surface area contributed by atoms with Gasteiger partial charge in [-0.3, -0.25) is 9.59 Å². The van der Waals surface area contributed by atoms with Crippen LogP contribution in [-0.4, -0.2) is 11.8 Å². The molecule has 0 radical (unpaired) electrons. The van der Waals surface area contributed by atoms with E-state index in [4.69, 9.17) is 0 Å². The van der Waals surface area contributed by atoms with E-state index in [0.717, 1.165) is 5.56 Å². The predicted octanol–water partition coefficient (Wildman–Crippen LogP) is 4.69. The van der Waals surface area contributed by atoms with E-state index in [1.807, 2.05) is 19.2 Å². The molecular formula is C20H20F4N2O2. The van der Waals surface area contributed by atoms with Crippen molar-refractivity contribution in [3.05, 3.63) is 65.5 Å². The van der Waals surface area contributed by atoms with Crippen molar-refractivity contribution in [3.63, 3.8) is 0 Å². The van der Waals surface area contributed by atoms with Crippen LogP contribution in [0.4, 0.5) is 23.2 Å². The molecule has 0 heterocycles. The van der Waals surface area contributed by atoms with Gasteiger partial charge in [-0.05, 0) is 36.1 Å². The molecule has 0 fully saturated rings. The molecule has 0 aliphatic heterocycles. The second-order valence-corrected chi connectivity index (χ2v) is 6.71. The summed E-state index contributed by atoms with van der Waals surface area (Å²) >= 11 is 0. The minimum Gasteiger partial charge on any atom is -0.341 e. The smallest absolute Gasteiger partial charge is 0.341 e. The summed E-state index contributed by atoms with van der Waals surface area (Å²) in [5, 5.41) is 4.46. The van der Waals surface area contributed by atoms with Gasteiger partial charge in [0, 0.05) is 0 Å². The zero-order chi connectivity index (χ0) is 20.9. The van der Waals surface area contributed by atoms with Gasteiger partial charge in [0.05, 0.1) is 17.3 Å². The first kappa shape index (κ1) is 21.4. The third-order valence-electron chi connectivity index (χ3n) is 3.96. The molecule has 4 nitrogen and oxygen atoms in total. The molecule has 0 bridgehead atoms. The van der Waals surface area contributed by atoms with Crippen molar-refractivity contribution in [1.29, 1.82) is 0 Å². The maximum absolute atomic E-state index is 13.8. The van der Waals surface area contributed by atoms with E-state index in [-0.39, 0.29) is 5.92 Å². The number of benzene rings is 2. The van der Waals surface area contributed by atoms with Crippen LogP contribution in [0.1, 0.15) is 37.4 Å². The molecule has 0 saturated heterocycles. The lowest BCUT2D eigenvalue weighted by atomic mass is 9.97. The van der Waals surface area contributed by atoms with Crippen LogP contribution in [0.5, 0.6) is 0 Å². The molecule has 2 aromatic carbocycles. The number of alkyl halides is 3. The highest BCUT2D eigenvalue weighted by Crippen LogP contribution is 2.31. The van der Waals surface area contributed by atoms with E-state index in [9.17, 15) is 27.2 Å². The van der Waals surface area contributed by atoms with Crippen LogP contribution in [0.15, 0.2) is 48.5 Å². The maximum Gasteiger partial charge on any atom is 0.416 e. The van der Waals surface area contributed by atoms with Gasteiger partial charge in [0.15, 0.2) is 0 Å². The summed E-state index contributed by atoms with van der Waals surface area (Å²) in [6.07, 6.45) is -4.16. The lowest BCUT2D eigenvalue weighted by molar-refractivity contribution is -0.137. The summed E-state index contributed by atoms with van der Waals surface area (Å²) in [5.74, 6) is -3.18. The van der Waals surface area contributed by atoms with Crippen LogP contribution in [-0.2, 0) is 15.8 Å². The molecule has 0 saturated carbocycles. The highest BCUT2D eigenvalue weighted by atomic mass is 19.4. The van der Waals surface area contributed by atoms with Crippen molar-refractivity contribution >= 4 is 17.5 Å². The first-order valence-corrected chi connectivity index (χ1v) is 8.61. The molecule has 8 heteroatoms. The van der Waals surface area contributed by atoms with Gasteiger partial charge in [0.1, 0.15) is 5.82 Å². The monoisotopic (exact) mass is 396 g/mol. The topological polar surface area (TPSA) is 58.2 Å². The highest BCUT2D eigenvalue weighted by Gasteiger charge is 2.31. The first-order valence-electron chi connectivity index (χ1n) is 8.61. The van der Waals surface area contributed by atoms with Gasteiger partial charge in [-0.15, -0.1) is 0 Å². The number of nitrogens with one attached hydrogen (secondary N) is 2. The fourth-order valence-electron chi connectivity index (χ4n) is 2.64. The molecule has 0 aliphatic rings. The van der Waals surface area contributed by atoms with Crippen LogP contribution in [0.3, 0.4) is 0 Å². The third-order valence-corrected chi connectivity index (χ3v) is 3.96. The molecule has 1 atom stereocenters. The molecule has 0 aromatic heterocycles. The van der Waals surface area contributed by atoms with E-state index < -0.39 is 41.1 Å². The Bertz CT molecular complexity index is 836. The Kier molecular flexibility index (Phi) is 6.77. The van der Waals surface area contributed by atoms with Gasteiger partial charge in [0.2, 0.25) is 0 Å². The largest absolute Gasteiger partial charge is 0.416 e. The highest BCUT2D eigenvalue weighted by molar-refractivity contribution is 6.39. The van der Waals surface area contributed by atoms with Crippen molar-refractivity contribution in [1.82, 2.24) is 5.32 Å². The standard InChI is InChI=1S/C20H20F4N2O2/c1-12(2)10-16(13-6-4-3-5-7-13)25-18(27)19(28)26-17-11-14(20(22,23)24)8-9-15(17)21/h3-9,11-12,16H,10H2,1-2H3,(H,25,27)(H,26,28)/t16-/m1/s1. The van der Waals surface area contributed by atoms with Gasteiger partial charge in [-0.25, -0.2) is 4.39 Å². The summed E-state index contributed by atoms with van der Waals surface area (Å²) < 4.78 is 52.1. The van der Waals surface area contributed by atoms with Gasteiger partial charge in [0.25, 0.3) is 0 Å². The number of rotatable bonds is 5. The number of halogens is 4. The maximum atomic E-state index is 13.8. The summed E-state index contributed by atoms with van der Waals surface area (Å²) in [6, 6.07) is 10.1. The number of hydrogen-bond donors (Lipinski definition) is 2. The molecule has 0 aliphatic carbocycles. The quantitative estimate of drug-likeness (QED) is 0.569. The third kappa shape index (κ3) is 5.80. The minimum atomic E-state index is -4.70. The zero-order valence-corrected chi connectivity index (χ0v) is 15.3. The Morgan fingerprint density at radius 1 is 1.00 bits per heavy atom. The molecule has 2 N–H and O–H groups in total. The fourth-order valence-corrected chi connectivity index (χ4v) is 2.64.